The topological polar surface area (TPSA) is 0 Å². The molecule has 70 valence electrons. The third-order valence-electron chi connectivity index (χ3n) is 3.38. The molecule has 2 rings (SSSR count). The Balaban J connectivity index is 1.91. The minimum atomic E-state index is -2.47. The first kappa shape index (κ1) is 9.16. The van der Waals surface area contributed by atoms with Crippen molar-refractivity contribution in [2.45, 2.75) is 36.0 Å². The smallest absolute Gasteiger partial charge is 0.195 e. The van der Waals surface area contributed by atoms with Crippen LogP contribution in [0.2, 0.25) is 0 Å². The van der Waals surface area contributed by atoms with Crippen LogP contribution in [0, 0.1) is 17.8 Å². The predicted molar refractivity (Wildman–Crippen MR) is 52.5 cm³/mol. The van der Waals surface area contributed by atoms with E-state index in [0.29, 0.717) is 11.8 Å². The molecular weight excluding hydrogens is 273 g/mol. The van der Waals surface area contributed by atoms with Crippen LogP contribution in [0.15, 0.2) is 0 Å². The largest absolute Gasteiger partial charge is 0.296 e. The van der Waals surface area contributed by atoms with Crippen LogP contribution in [0.4, 0.5) is 8.78 Å². The van der Waals surface area contributed by atoms with Crippen molar-refractivity contribution < 1.29 is 8.78 Å². The molecule has 0 nitrogen and oxygen atoms in total. The molecule has 12 heavy (non-hydrogen) atoms. The molecule has 0 aromatic rings. The summed E-state index contributed by atoms with van der Waals surface area (Å²) in [6, 6.07) is 0. The van der Waals surface area contributed by atoms with Gasteiger partial charge in [0.15, 0.2) is 0 Å². The molecule has 2 aliphatic rings. The fraction of sp³-hybridized carbons (Fsp3) is 1.00. The first-order valence-electron chi connectivity index (χ1n) is 4.61. The Hall–Kier alpha value is 0.590. The highest BCUT2D eigenvalue weighted by Gasteiger charge is 2.43. The van der Waals surface area contributed by atoms with Crippen molar-refractivity contribution in [2.75, 3.05) is 0 Å². The molecule has 0 radical (unpaired) electrons. The van der Waals surface area contributed by atoms with E-state index < -0.39 is 3.93 Å². The van der Waals surface area contributed by atoms with Crippen LogP contribution < -0.4 is 0 Å². The van der Waals surface area contributed by atoms with Crippen molar-refractivity contribution in [3.05, 3.63) is 0 Å². The van der Waals surface area contributed by atoms with Gasteiger partial charge in [0.25, 0.3) is 3.93 Å². The van der Waals surface area contributed by atoms with Crippen molar-refractivity contribution in [3.63, 3.8) is 0 Å². The molecule has 0 amide bonds. The highest BCUT2D eigenvalue weighted by Crippen LogP contribution is 2.52. The van der Waals surface area contributed by atoms with Crippen LogP contribution in [0.25, 0.3) is 0 Å². The summed E-state index contributed by atoms with van der Waals surface area (Å²) in [6.07, 6.45) is 4.94. The van der Waals surface area contributed by atoms with E-state index in [2.05, 4.69) is 0 Å². The zero-order valence-electron chi connectivity index (χ0n) is 6.90. The fourth-order valence-electron chi connectivity index (χ4n) is 2.92. The number of alkyl halides is 3. The maximum Gasteiger partial charge on any atom is 0.296 e. The second-order valence-electron chi connectivity index (χ2n) is 4.25. The van der Waals surface area contributed by atoms with Crippen LogP contribution in [0.5, 0.6) is 0 Å². The van der Waals surface area contributed by atoms with Gasteiger partial charge in [-0.1, -0.05) is 6.42 Å². The highest BCUT2D eigenvalue weighted by atomic mass is 127. The standard InChI is InChI=1S/C9H13F2I/c10-9(11,12)5-8-4-6-1-2-7(8)3-6/h6-8H,1-5H2. The SMILES string of the molecule is FC(F)(I)CC1CC2CCC1C2. The van der Waals surface area contributed by atoms with Crippen molar-refractivity contribution in [1.29, 1.82) is 0 Å². The zero-order chi connectivity index (χ0) is 8.77. The quantitative estimate of drug-likeness (QED) is 0.534. The van der Waals surface area contributed by atoms with E-state index in [0.717, 1.165) is 12.3 Å². The second kappa shape index (κ2) is 3.07. The Morgan fingerprint density at radius 3 is 2.42 bits per heavy atom. The summed E-state index contributed by atoms with van der Waals surface area (Å²) in [5, 5.41) is 0. The van der Waals surface area contributed by atoms with Crippen LogP contribution in [0.3, 0.4) is 0 Å². The first-order chi connectivity index (χ1) is 5.54. The van der Waals surface area contributed by atoms with Gasteiger partial charge in [0.1, 0.15) is 0 Å². The van der Waals surface area contributed by atoms with E-state index in [9.17, 15) is 8.78 Å². The van der Waals surface area contributed by atoms with Crippen molar-refractivity contribution >= 4 is 22.6 Å². The van der Waals surface area contributed by atoms with Gasteiger partial charge in [-0.2, -0.15) is 8.78 Å². The summed E-state index contributed by atoms with van der Waals surface area (Å²) in [4.78, 5) is 0. The zero-order valence-corrected chi connectivity index (χ0v) is 9.06. The maximum absolute atomic E-state index is 12.7. The number of fused-ring (bicyclic) bond motifs is 2. The normalized spacial score (nSPS) is 40.8. The molecule has 2 bridgehead atoms. The third-order valence-corrected chi connectivity index (χ3v) is 3.82. The first-order valence-corrected chi connectivity index (χ1v) is 5.69. The molecule has 0 aromatic carbocycles. The van der Waals surface area contributed by atoms with Crippen LogP contribution in [-0.2, 0) is 0 Å². The molecule has 2 saturated carbocycles. The number of halogens is 3. The monoisotopic (exact) mass is 286 g/mol. The minimum absolute atomic E-state index is 0.120. The molecule has 3 unspecified atom stereocenters. The van der Waals surface area contributed by atoms with E-state index in [-0.39, 0.29) is 6.42 Å². The fourth-order valence-corrected chi connectivity index (χ4v) is 3.49. The van der Waals surface area contributed by atoms with E-state index >= 15 is 0 Å². The molecule has 3 heteroatoms. The van der Waals surface area contributed by atoms with E-state index in [4.69, 9.17) is 0 Å². The number of hydrogen-bond donors (Lipinski definition) is 0. The molecule has 0 spiro atoms. The third kappa shape index (κ3) is 1.91. The summed E-state index contributed by atoms with van der Waals surface area (Å²) in [7, 11) is 0. The Bertz CT molecular complexity index is 176. The summed E-state index contributed by atoms with van der Waals surface area (Å²) >= 11 is 1.27. The Kier molecular flexibility index (Phi) is 2.34. The van der Waals surface area contributed by atoms with Crippen molar-refractivity contribution in [2.24, 2.45) is 17.8 Å². The average Bonchev–Trinajstić information content (AvgIpc) is 2.42. The molecule has 2 aliphatic carbocycles. The van der Waals surface area contributed by atoms with E-state index in [1.165, 1.54) is 41.9 Å². The van der Waals surface area contributed by atoms with E-state index in [1.807, 2.05) is 0 Å². The second-order valence-corrected chi connectivity index (χ2v) is 5.83. The lowest BCUT2D eigenvalue weighted by Crippen LogP contribution is -2.18. The molecule has 0 saturated heterocycles. The lowest BCUT2D eigenvalue weighted by atomic mass is 9.87. The van der Waals surface area contributed by atoms with Gasteiger partial charge in [-0.3, -0.25) is 0 Å². The van der Waals surface area contributed by atoms with Gasteiger partial charge in [-0.05, 0) is 59.6 Å². The van der Waals surface area contributed by atoms with Gasteiger partial charge in [-0.15, -0.1) is 0 Å². The summed E-state index contributed by atoms with van der Waals surface area (Å²) in [5.41, 5.74) is 0. The highest BCUT2D eigenvalue weighted by molar-refractivity contribution is 14.1. The van der Waals surface area contributed by atoms with Gasteiger partial charge in [0, 0.05) is 6.42 Å². The molecule has 3 atom stereocenters. The summed E-state index contributed by atoms with van der Waals surface area (Å²) < 4.78 is 22.9. The minimum Gasteiger partial charge on any atom is -0.195 e. The van der Waals surface area contributed by atoms with Crippen molar-refractivity contribution in [3.8, 4) is 0 Å². The van der Waals surface area contributed by atoms with Gasteiger partial charge >= 0.3 is 0 Å². The number of rotatable bonds is 2. The van der Waals surface area contributed by atoms with Crippen molar-refractivity contribution in [1.82, 2.24) is 0 Å². The Morgan fingerprint density at radius 2 is 2.00 bits per heavy atom. The van der Waals surface area contributed by atoms with Gasteiger partial charge < -0.3 is 0 Å². The molecular formula is C9H13F2I. The Labute approximate surface area is 85.2 Å². The molecule has 2 fully saturated rings. The lowest BCUT2D eigenvalue weighted by Gasteiger charge is -2.23. The molecule has 0 heterocycles. The van der Waals surface area contributed by atoms with Gasteiger partial charge in [0.05, 0.1) is 0 Å². The van der Waals surface area contributed by atoms with Gasteiger partial charge in [0.2, 0.25) is 0 Å². The molecule has 0 N–H and O–H groups in total. The van der Waals surface area contributed by atoms with Crippen LogP contribution in [-0.4, -0.2) is 3.93 Å². The molecule has 0 aliphatic heterocycles. The molecule has 0 aromatic heterocycles. The number of hydrogen-bond acceptors (Lipinski definition) is 0. The summed E-state index contributed by atoms with van der Waals surface area (Å²) in [5.74, 6) is 1.75. The Morgan fingerprint density at radius 1 is 1.25 bits per heavy atom. The average molecular weight is 286 g/mol. The lowest BCUT2D eigenvalue weighted by molar-refractivity contribution is 0.0807. The van der Waals surface area contributed by atoms with Crippen LogP contribution >= 0.6 is 22.6 Å². The van der Waals surface area contributed by atoms with E-state index in [1.54, 1.807) is 0 Å². The van der Waals surface area contributed by atoms with Crippen LogP contribution in [0.1, 0.15) is 32.1 Å². The predicted octanol–water partition coefficient (Wildman–Crippen LogP) is 3.84. The maximum atomic E-state index is 12.7. The van der Waals surface area contributed by atoms with Gasteiger partial charge in [-0.25, -0.2) is 0 Å². The summed E-state index contributed by atoms with van der Waals surface area (Å²) in [6.45, 7) is 0.